The van der Waals surface area contributed by atoms with E-state index in [2.05, 4.69) is 33.4 Å². The van der Waals surface area contributed by atoms with Gasteiger partial charge in [0.25, 0.3) is 0 Å². The molecule has 0 amide bonds. The van der Waals surface area contributed by atoms with Crippen molar-refractivity contribution in [3.63, 3.8) is 0 Å². The minimum atomic E-state index is -0.287. The number of hydrogen-bond donors (Lipinski definition) is 0. The average molecular weight is 356 g/mol. The summed E-state index contributed by atoms with van der Waals surface area (Å²) in [6, 6.07) is 12.9. The Labute approximate surface area is 128 Å². The summed E-state index contributed by atoms with van der Waals surface area (Å²) in [4.78, 5) is -0.166. The molecule has 0 nitrogen and oxygen atoms in total. The van der Waals surface area contributed by atoms with E-state index in [0.717, 1.165) is 10.9 Å². The Hall–Kier alpha value is -0.900. The molecule has 0 fully saturated rings. The van der Waals surface area contributed by atoms with Crippen molar-refractivity contribution in [2.45, 2.75) is 4.83 Å². The Morgan fingerprint density at radius 2 is 1.89 bits per heavy atom. The van der Waals surface area contributed by atoms with Crippen LogP contribution in [0.25, 0.3) is 10.1 Å². The maximum atomic E-state index is 14.0. The van der Waals surface area contributed by atoms with Crippen LogP contribution in [0.5, 0.6) is 0 Å². The summed E-state index contributed by atoms with van der Waals surface area (Å²) in [5.41, 5.74) is 1.69. The molecule has 0 N–H and O–H groups in total. The van der Waals surface area contributed by atoms with Gasteiger partial charge in [0, 0.05) is 15.3 Å². The molecule has 3 aromatic rings. The molecular weight excluding hydrogens is 347 g/mol. The van der Waals surface area contributed by atoms with Crippen LogP contribution in [0.4, 0.5) is 4.39 Å². The summed E-state index contributed by atoms with van der Waals surface area (Å²) in [7, 11) is 0. The number of fused-ring (bicyclic) bond motifs is 1. The van der Waals surface area contributed by atoms with Crippen LogP contribution in [0, 0.1) is 5.82 Å². The minimum Gasteiger partial charge on any atom is -0.207 e. The molecule has 3 rings (SSSR count). The predicted molar refractivity (Wildman–Crippen MR) is 84.0 cm³/mol. The third kappa shape index (κ3) is 2.42. The lowest BCUT2D eigenvalue weighted by atomic mass is 10.0. The van der Waals surface area contributed by atoms with Crippen LogP contribution in [-0.4, -0.2) is 0 Å². The molecule has 0 spiro atoms. The molecule has 0 saturated heterocycles. The van der Waals surface area contributed by atoms with Crippen LogP contribution < -0.4 is 0 Å². The SMILES string of the molecule is Fc1cc(Cl)ccc1C(Br)c1csc2ccccc12. The van der Waals surface area contributed by atoms with E-state index in [1.165, 1.54) is 10.8 Å². The predicted octanol–water partition coefficient (Wildman–Crippen LogP) is 6.18. The van der Waals surface area contributed by atoms with Crippen molar-refractivity contribution in [3.8, 4) is 0 Å². The van der Waals surface area contributed by atoms with Gasteiger partial charge in [0.15, 0.2) is 0 Å². The highest BCUT2D eigenvalue weighted by atomic mass is 79.9. The first-order valence-corrected chi connectivity index (χ1v) is 7.89. The molecule has 1 heterocycles. The Balaban J connectivity index is 2.10. The second-order valence-corrected chi connectivity index (χ2v) is 6.48. The number of hydrogen-bond acceptors (Lipinski definition) is 1. The van der Waals surface area contributed by atoms with E-state index < -0.39 is 0 Å². The third-order valence-electron chi connectivity index (χ3n) is 3.02. The van der Waals surface area contributed by atoms with Crippen LogP contribution in [0.1, 0.15) is 16.0 Å². The number of rotatable bonds is 2. The zero-order valence-corrected chi connectivity index (χ0v) is 12.9. The van der Waals surface area contributed by atoms with Crippen molar-refractivity contribution in [1.82, 2.24) is 0 Å². The maximum Gasteiger partial charge on any atom is 0.129 e. The van der Waals surface area contributed by atoms with Crippen molar-refractivity contribution in [3.05, 3.63) is 69.8 Å². The molecule has 2 aromatic carbocycles. The number of halogens is 3. The fourth-order valence-corrected chi connectivity index (χ4v) is 4.14. The van der Waals surface area contributed by atoms with E-state index in [0.29, 0.717) is 10.6 Å². The van der Waals surface area contributed by atoms with Crippen molar-refractivity contribution < 1.29 is 4.39 Å². The van der Waals surface area contributed by atoms with Crippen LogP contribution in [0.15, 0.2) is 47.8 Å². The lowest BCUT2D eigenvalue weighted by Gasteiger charge is -2.11. The summed E-state index contributed by atoms with van der Waals surface area (Å²) in [5.74, 6) is -0.287. The van der Waals surface area contributed by atoms with Crippen molar-refractivity contribution in [1.29, 1.82) is 0 Å². The van der Waals surface area contributed by atoms with E-state index in [-0.39, 0.29) is 10.6 Å². The first-order chi connectivity index (χ1) is 9.16. The van der Waals surface area contributed by atoms with Crippen LogP contribution in [-0.2, 0) is 0 Å². The van der Waals surface area contributed by atoms with Gasteiger partial charge in [-0.15, -0.1) is 11.3 Å². The van der Waals surface area contributed by atoms with Crippen LogP contribution in [0.3, 0.4) is 0 Å². The highest BCUT2D eigenvalue weighted by Crippen LogP contribution is 2.39. The smallest absolute Gasteiger partial charge is 0.129 e. The van der Waals surface area contributed by atoms with Gasteiger partial charge in [0.1, 0.15) is 5.82 Å². The van der Waals surface area contributed by atoms with Gasteiger partial charge in [-0.1, -0.05) is 51.8 Å². The lowest BCUT2D eigenvalue weighted by Crippen LogP contribution is -1.95. The maximum absolute atomic E-state index is 14.0. The van der Waals surface area contributed by atoms with Crippen LogP contribution in [0.2, 0.25) is 5.02 Å². The van der Waals surface area contributed by atoms with Gasteiger partial charge in [-0.3, -0.25) is 0 Å². The molecule has 0 aliphatic carbocycles. The second-order valence-electron chi connectivity index (χ2n) is 4.22. The quantitative estimate of drug-likeness (QED) is 0.482. The summed E-state index contributed by atoms with van der Waals surface area (Å²) in [6.07, 6.45) is 0. The molecule has 0 aliphatic rings. The Morgan fingerprint density at radius 3 is 2.68 bits per heavy atom. The second kappa shape index (κ2) is 5.23. The molecular formula is C15H9BrClFS. The Kier molecular flexibility index (Phi) is 3.61. The molecule has 19 heavy (non-hydrogen) atoms. The summed E-state index contributed by atoms with van der Waals surface area (Å²) in [5, 5.41) is 3.64. The molecule has 0 bridgehead atoms. The van der Waals surface area contributed by atoms with Crippen molar-refractivity contribution >= 4 is 49.0 Å². The normalized spacial score (nSPS) is 12.8. The first-order valence-electron chi connectivity index (χ1n) is 5.72. The Bertz CT molecular complexity index is 738. The van der Waals surface area contributed by atoms with Gasteiger partial charge in [-0.25, -0.2) is 4.39 Å². The minimum absolute atomic E-state index is 0.166. The summed E-state index contributed by atoms with van der Waals surface area (Å²) < 4.78 is 15.2. The van der Waals surface area contributed by atoms with E-state index in [4.69, 9.17) is 11.6 Å². The van der Waals surface area contributed by atoms with Gasteiger partial charge in [0.05, 0.1) is 4.83 Å². The zero-order chi connectivity index (χ0) is 13.4. The standard InChI is InChI=1S/C15H9BrClFS/c16-15(11-6-5-9(17)7-13(11)18)12-8-19-14-4-2-1-3-10(12)14/h1-8,15H. The van der Waals surface area contributed by atoms with Crippen molar-refractivity contribution in [2.24, 2.45) is 0 Å². The molecule has 0 aliphatic heterocycles. The van der Waals surface area contributed by atoms with Crippen LogP contribution >= 0.6 is 38.9 Å². The fraction of sp³-hybridized carbons (Fsp3) is 0.0667. The average Bonchev–Trinajstić information content (AvgIpc) is 2.82. The highest BCUT2D eigenvalue weighted by Gasteiger charge is 2.18. The van der Waals surface area contributed by atoms with Gasteiger partial charge in [0.2, 0.25) is 0 Å². The molecule has 1 atom stereocenters. The van der Waals surface area contributed by atoms with Crippen molar-refractivity contribution in [2.75, 3.05) is 0 Å². The van der Waals surface area contributed by atoms with Gasteiger partial charge in [-0.05, 0) is 34.5 Å². The molecule has 0 saturated carbocycles. The summed E-state index contributed by atoms with van der Waals surface area (Å²) in [6.45, 7) is 0. The van der Waals surface area contributed by atoms with E-state index in [9.17, 15) is 4.39 Å². The van der Waals surface area contributed by atoms with Gasteiger partial charge >= 0.3 is 0 Å². The fourth-order valence-electron chi connectivity index (χ4n) is 2.07. The molecule has 96 valence electrons. The third-order valence-corrected chi connectivity index (χ3v) is 5.22. The summed E-state index contributed by atoms with van der Waals surface area (Å²) >= 11 is 11.0. The number of thiophene rings is 1. The topological polar surface area (TPSA) is 0 Å². The monoisotopic (exact) mass is 354 g/mol. The zero-order valence-electron chi connectivity index (χ0n) is 9.74. The molecule has 4 heteroatoms. The van der Waals surface area contributed by atoms with E-state index >= 15 is 0 Å². The number of benzene rings is 2. The van der Waals surface area contributed by atoms with Gasteiger partial charge < -0.3 is 0 Å². The first kappa shape index (κ1) is 13.1. The molecule has 0 radical (unpaired) electrons. The Morgan fingerprint density at radius 1 is 1.11 bits per heavy atom. The molecule has 1 unspecified atom stereocenters. The largest absolute Gasteiger partial charge is 0.207 e. The van der Waals surface area contributed by atoms with E-state index in [1.807, 2.05) is 12.1 Å². The van der Waals surface area contributed by atoms with Gasteiger partial charge in [-0.2, -0.15) is 0 Å². The number of alkyl halides is 1. The highest BCUT2D eigenvalue weighted by molar-refractivity contribution is 9.09. The molecule has 1 aromatic heterocycles. The lowest BCUT2D eigenvalue weighted by molar-refractivity contribution is 0.614. The van der Waals surface area contributed by atoms with E-state index in [1.54, 1.807) is 23.5 Å².